The number of carbonyl (C=O) groups is 3. The summed E-state index contributed by atoms with van der Waals surface area (Å²) in [6.45, 7) is 4.41. The van der Waals surface area contributed by atoms with Gasteiger partial charge in [-0.3, -0.25) is 14.4 Å². The van der Waals surface area contributed by atoms with Crippen LogP contribution in [0.2, 0.25) is 0 Å². The molecule has 4 fully saturated rings. The Balaban J connectivity index is 1.17. The van der Waals surface area contributed by atoms with Gasteiger partial charge in [0.2, 0.25) is 15.9 Å². The van der Waals surface area contributed by atoms with Crippen molar-refractivity contribution in [3.63, 3.8) is 0 Å². The minimum atomic E-state index is -3.77. The lowest BCUT2D eigenvalue weighted by atomic mass is 9.70. The van der Waals surface area contributed by atoms with E-state index in [0.717, 1.165) is 32.1 Å². The number of rotatable bonds is 7. The highest BCUT2D eigenvalue weighted by Crippen LogP contribution is 2.64. The Morgan fingerprint density at radius 3 is 2.22 bits per heavy atom. The molecule has 4 aliphatic rings. The molecule has 202 valence electrons. The second-order valence-corrected chi connectivity index (χ2v) is 14.0. The van der Waals surface area contributed by atoms with Gasteiger partial charge >= 0.3 is 0 Å². The molecule has 0 aromatic heterocycles. The van der Waals surface area contributed by atoms with Crippen LogP contribution in [0.3, 0.4) is 0 Å². The predicted octanol–water partition coefficient (Wildman–Crippen LogP) is 3.03. The van der Waals surface area contributed by atoms with Gasteiger partial charge < -0.3 is 10.6 Å². The number of carbonyl (C=O) groups excluding carboxylic acids is 3. The van der Waals surface area contributed by atoms with Gasteiger partial charge in [0.15, 0.2) is 0 Å². The average molecular weight is 530 g/mol. The highest BCUT2D eigenvalue weighted by Gasteiger charge is 2.66. The van der Waals surface area contributed by atoms with Crippen LogP contribution in [0.1, 0.15) is 82.0 Å². The maximum atomic E-state index is 13.6. The number of benzene rings is 1. The second kappa shape index (κ2) is 9.80. The Morgan fingerprint density at radius 1 is 0.973 bits per heavy atom. The van der Waals surface area contributed by atoms with Gasteiger partial charge in [0, 0.05) is 36.0 Å². The standard InChI is InChI=1S/C28H39N3O5S/c1-27(2)20-14-15-28(27,24(32)17-20)18-37(35,36)31-16-6-9-23(31)26(34)30-22-12-10-21(11-13-22)29-25(33)19-7-4-3-5-8-19/h3-5,7-8,20-23H,6,9-18H2,1-2H3,(H,29,33)(H,30,34)/t20?,21?,22?,23-,28-/m1/s1. The molecule has 5 rings (SSSR count). The summed E-state index contributed by atoms with van der Waals surface area (Å²) in [6, 6.07) is 8.44. The molecule has 1 aromatic carbocycles. The Morgan fingerprint density at radius 2 is 1.62 bits per heavy atom. The van der Waals surface area contributed by atoms with E-state index in [4.69, 9.17) is 0 Å². The van der Waals surface area contributed by atoms with Gasteiger partial charge in [0.05, 0.1) is 5.75 Å². The van der Waals surface area contributed by atoms with Crippen LogP contribution in [-0.4, -0.2) is 60.7 Å². The molecule has 8 nitrogen and oxygen atoms in total. The van der Waals surface area contributed by atoms with Crippen LogP contribution < -0.4 is 10.6 Å². The summed E-state index contributed by atoms with van der Waals surface area (Å²) in [6.07, 6.45) is 6.12. The zero-order valence-corrected chi connectivity index (χ0v) is 22.7. The Kier molecular flexibility index (Phi) is 6.98. The molecule has 3 atom stereocenters. The van der Waals surface area contributed by atoms with Crippen LogP contribution >= 0.6 is 0 Å². The average Bonchev–Trinajstić information content (AvgIpc) is 3.50. The Hall–Kier alpha value is -2.26. The molecular weight excluding hydrogens is 490 g/mol. The third-order valence-corrected chi connectivity index (χ3v) is 11.9. The van der Waals surface area contributed by atoms with Crippen LogP contribution in [0, 0.1) is 16.7 Å². The molecule has 3 aliphatic carbocycles. The zero-order valence-electron chi connectivity index (χ0n) is 21.9. The predicted molar refractivity (Wildman–Crippen MR) is 140 cm³/mol. The first kappa shape index (κ1) is 26.4. The molecule has 3 saturated carbocycles. The number of ketones is 1. The molecule has 1 heterocycles. The van der Waals surface area contributed by atoms with Crippen LogP contribution in [-0.2, 0) is 19.6 Å². The van der Waals surface area contributed by atoms with Crippen LogP contribution in [0.4, 0.5) is 0 Å². The van der Waals surface area contributed by atoms with Crippen molar-refractivity contribution in [3.8, 4) is 0 Å². The summed E-state index contributed by atoms with van der Waals surface area (Å²) in [4.78, 5) is 38.6. The van der Waals surface area contributed by atoms with E-state index in [9.17, 15) is 22.8 Å². The molecule has 1 saturated heterocycles. The summed E-state index contributed by atoms with van der Waals surface area (Å²) < 4.78 is 28.6. The molecule has 2 bridgehead atoms. The van der Waals surface area contributed by atoms with Crippen molar-refractivity contribution in [3.05, 3.63) is 35.9 Å². The minimum Gasteiger partial charge on any atom is -0.352 e. The lowest BCUT2D eigenvalue weighted by Gasteiger charge is -2.38. The van der Waals surface area contributed by atoms with Gasteiger partial charge in [-0.05, 0) is 74.8 Å². The zero-order chi connectivity index (χ0) is 26.4. The first-order valence-electron chi connectivity index (χ1n) is 13.7. The van der Waals surface area contributed by atoms with Crippen molar-refractivity contribution in [1.82, 2.24) is 14.9 Å². The maximum Gasteiger partial charge on any atom is 0.251 e. The number of fused-ring (bicyclic) bond motifs is 2. The fourth-order valence-electron chi connectivity index (χ4n) is 7.38. The Bertz CT molecular complexity index is 1160. The summed E-state index contributed by atoms with van der Waals surface area (Å²) in [5, 5.41) is 6.18. The van der Waals surface area contributed by atoms with E-state index >= 15 is 0 Å². The molecule has 2 N–H and O–H groups in total. The summed E-state index contributed by atoms with van der Waals surface area (Å²) in [5.74, 6) is -0.180. The molecule has 0 radical (unpaired) electrons. The van der Waals surface area contributed by atoms with Crippen molar-refractivity contribution in [2.24, 2.45) is 16.7 Å². The van der Waals surface area contributed by atoms with Gasteiger partial charge in [0.1, 0.15) is 11.8 Å². The van der Waals surface area contributed by atoms with E-state index in [1.54, 1.807) is 12.1 Å². The van der Waals surface area contributed by atoms with E-state index in [0.29, 0.717) is 37.8 Å². The molecule has 2 amide bonds. The summed E-state index contributed by atoms with van der Waals surface area (Å²) in [7, 11) is -3.77. The lowest BCUT2D eigenvalue weighted by Crippen LogP contribution is -2.53. The van der Waals surface area contributed by atoms with E-state index in [-0.39, 0.29) is 46.8 Å². The first-order chi connectivity index (χ1) is 17.5. The number of nitrogens with one attached hydrogen (secondary N) is 2. The topological polar surface area (TPSA) is 113 Å². The molecule has 1 unspecified atom stereocenters. The second-order valence-electron chi connectivity index (χ2n) is 12.1. The number of amides is 2. The van der Waals surface area contributed by atoms with Crippen LogP contribution in [0.5, 0.6) is 0 Å². The van der Waals surface area contributed by atoms with Gasteiger partial charge in [-0.25, -0.2) is 8.42 Å². The van der Waals surface area contributed by atoms with Crippen molar-refractivity contribution in [2.45, 2.75) is 89.8 Å². The van der Waals surface area contributed by atoms with Crippen molar-refractivity contribution in [2.75, 3.05) is 12.3 Å². The normalized spacial score (nSPS) is 33.4. The third-order valence-electron chi connectivity index (χ3n) is 9.88. The summed E-state index contributed by atoms with van der Waals surface area (Å²) >= 11 is 0. The number of Topliss-reactive ketones (excluding diaryl/α,β-unsaturated/α-hetero) is 1. The van der Waals surface area contributed by atoms with Crippen molar-refractivity contribution < 1.29 is 22.8 Å². The monoisotopic (exact) mass is 529 g/mol. The highest BCUT2D eigenvalue weighted by atomic mass is 32.2. The number of sulfonamides is 1. The molecule has 1 aromatic rings. The molecule has 1 aliphatic heterocycles. The third kappa shape index (κ3) is 4.73. The van der Waals surface area contributed by atoms with E-state index in [1.807, 2.05) is 32.0 Å². The fourth-order valence-corrected chi connectivity index (χ4v) is 9.84. The molecule has 37 heavy (non-hydrogen) atoms. The quantitative estimate of drug-likeness (QED) is 0.564. The molecule has 0 spiro atoms. The SMILES string of the molecule is CC1(C)C2CC[C@@]1(CS(=O)(=O)N1CCC[C@@H]1C(=O)NC1CCC(NC(=O)c3ccccc3)CC1)C(=O)C2. The van der Waals surface area contributed by atoms with E-state index in [1.165, 1.54) is 4.31 Å². The van der Waals surface area contributed by atoms with Crippen LogP contribution in [0.25, 0.3) is 0 Å². The van der Waals surface area contributed by atoms with Crippen molar-refractivity contribution >= 4 is 27.6 Å². The van der Waals surface area contributed by atoms with Crippen LogP contribution in [0.15, 0.2) is 30.3 Å². The first-order valence-corrected chi connectivity index (χ1v) is 15.3. The molecule has 9 heteroatoms. The fraction of sp³-hybridized carbons (Fsp3) is 0.679. The highest BCUT2D eigenvalue weighted by molar-refractivity contribution is 7.89. The maximum absolute atomic E-state index is 13.6. The Labute approximate surface area is 220 Å². The largest absolute Gasteiger partial charge is 0.352 e. The number of hydrogen-bond acceptors (Lipinski definition) is 5. The smallest absolute Gasteiger partial charge is 0.251 e. The number of hydrogen-bond donors (Lipinski definition) is 2. The van der Waals surface area contributed by atoms with Gasteiger partial charge in [-0.1, -0.05) is 32.0 Å². The molecular formula is C28H39N3O5S. The number of nitrogens with zero attached hydrogens (tertiary/aromatic N) is 1. The van der Waals surface area contributed by atoms with Crippen molar-refractivity contribution in [1.29, 1.82) is 0 Å². The summed E-state index contributed by atoms with van der Waals surface area (Å²) in [5.41, 5.74) is -0.526. The van der Waals surface area contributed by atoms with Gasteiger partial charge in [0.25, 0.3) is 5.91 Å². The van der Waals surface area contributed by atoms with E-state index < -0.39 is 21.5 Å². The van der Waals surface area contributed by atoms with Gasteiger partial charge in [-0.15, -0.1) is 0 Å². The minimum absolute atomic E-state index is 0.0351. The van der Waals surface area contributed by atoms with Gasteiger partial charge in [-0.2, -0.15) is 4.31 Å². The lowest BCUT2D eigenvalue weighted by molar-refractivity contribution is -0.128. The van der Waals surface area contributed by atoms with E-state index in [2.05, 4.69) is 10.6 Å².